The molecule has 190 valence electrons. The molecule has 0 aliphatic rings. The normalized spacial score (nSPS) is 12.7. The lowest BCUT2D eigenvalue weighted by atomic mass is 9.84. The predicted octanol–water partition coefficient (Wildman–Crippen LogP) is 9.23. The van der Waals surface area contributed by atoms with Gasteiger partial charge in [0.25, 0.3) is 0 Å². The molecule has 1 atom stereocenters. The molecule has 5 heteroatoms. The van der Waals surface area contributed by atoms with Gasteiger partial charge in [-0.1, -0.05) is 121 Å². The van der Waals surface area contributed by atoms with E-state index in [4.69, 9.17) is 0 Å². The van der Waals surface area contributed by atoms with Gasteiger partial charge in [-0.15, -0.1) is 11.8 Å². The van der Waals surface area contributed by atoms with E-state index in [1.165, 1.54) is 12.1 Å². The molecule has 1 N–H and O–H groups in total. The van der Waals surface area contributed by atoms with E-state index >= 15 is 0 Å². The van der Waals surface area contributed by atoms with Gasteiger partial charge in [-0.3, -0.25) is 0 Å². The fourth-order valence-electron chi connectivity index (χ4n) is 4.77. The molecule has 5 aromatic carbocycles. The Labute approximate surface area is 224 Å². The number of halogens is 3. The number of phenolic OH excluding ortho intramolecular Hbond substituents is 1. The van der Waals surface area contributed by atoms with Crippen molar-refractivity contribution >= 4 is 11.8 Å². The van der Waals surface area contributed by atoms with Crippen molar-refractivity contribution in [1.82, 2.24) is 0 Å². The highest BCUT2D eigenvalue weighted by atomic mass is 32.2. The van der Waals surface area contributed by atoms with Crippen LogP contribution in [0.4, 0.5) is 13.2 Å². The number of rotatable bonds is 7. The highest BCUT2D eigenvalue weighted by Gasteiger charge is 2.41. The van der Waals surface area contributed by atoms with Gasteiger partial charge >= 0.3 is 6.18 Å². The van der Waals surface area contributed by atoms with Crippen molar-refractivity contribution in [3.63, 3.8) is 0 Å². The number of alkyl halides is 3. The van der Waals surface area contributed by atoms with Crippen LogP contribution in [-0.2, 0) is 10.9 Å². The number of phenols is 1. The van der Waals surface area contributed by atoms with Crippen molar-refractivity contribution < 1.29 is 18.3 Å². The van der Waals surface area contributed by atoms with Crippen molar-refractivity contribution in [1.29, 1.82) is 0 Å². The summed E-state index contributed by atoms with van der Waals surface area (Å²) in [5, 5.41) is 10.5. The topological polar surface area (TPSA) is 20.2 Å². The van der Waals surface area contributed by atoms with Gasteiger partial charge in [0.2, 0.25) is 0 Å². The second kappa shape index (κ2) is 10.8. The highest BCUT2D eigenvalue weighted by molar-refractivity contribution is 8.01. The van der Waals surface area contributed by atoms with Crippen molar-refractivity contribution in [3.05, 3.63) is 173 Å². The average molecular weight is 527 g/mol. The van der Waals surface area contributed by atoms with Crippen LogP contribution >= 0.6 is 11.8 Å². The summed E-state index contributed by atoms with van der Waals surface area (Å²) in [5.74, 6) is 0.0907. The Balaban J connectivity index is 1.77. The van der Waals surface area contributed by atoms with Gasteiger partial charge in [-0.25, -0.2) is 0 Å². The number of aromatic hydroxyl groups is 1. The Morgan fingerprint density at radius 1 is 0.500 bits per heavy atom. The number of benzene rings is 5. The van der Waals surface area contributed by atoms with Gasteiger partial charge < -0.3 is 5.11 Å². The molecular weight excluding hydrogens is 501 g/mol. The van der Waals surface area contributed by atoms with Crippen LogP contribution in [0.25, 0.3) is 0 Å². The van der Waals surface area contributed by atoms with Gasteiger partial charge in [0.05, 0.1) is 15.6 Å². The molecule has 0 bridgehead atoms. The first kappa shape index (κ1) is 25.7. The molecule has 0 aliphatic carbocycles. The summed E-state index contributed by atoms with van der Waals surface area (Å²) < 4.78 is 39.5. The van der Waals surface area contributed by atoms with E-state index in [1.54, 1.807) is 23.9 Å². The zero-order chi connectivity index (χ0) is 26.6. The van der Waals surface area contributed by atoms with E-state index in [2.05, 4.69) is 36.4 Å². The molecule has 1 nitrogen and oxygen atoms in total. The fraction of sp³-hybridized carbons (Fsp3) is 0.0909. The average Bonchev–Trinajstić information content (AvgIpc) is 2.96. The van der Waals surface area contributed by atoms with E-state index in [-0.39, 0.29) is 5.75 Å². The SMILES string of the molecule is Oc1ccccc1[C@H](SC(c1ccccc1)(c1ccccc1)c1ccccc1)c1ccc(C(F)(F)F)cc1. The van der Waals surface area contributed by atoms with E-state index in [9.17, 15) is 18.3 Å². The van der Waals surface area contributed by atoms with Crippen molar-refractivity contribution in [2.24, 2.45) is 0 Å². The first-order chi connectivity index (χ1) is 18.4. The molecular formula is C33H25F3OS. The molecule has 0 saturated heterocycles. The van der Waals surface area contributed by atoms with Crippen LogP contribution in [-0.4, -0.2) is 5.11 Å². The largest absolute Gasteiger partial charge is 0.508 e. The second-order valence-corrected chi connectivity index (χ2v) is 10.3. The standard InChI is InChI=1S/C33H25F3OS/c34-33(35,36)28-22-20-24(21-23-28)31(29-18-10-11-19-30(29)37)38-32(25-12-4-1-5-13-25,26-14-6-2-7-15-26)27-16-8-3-9-17-27/h1-23,31,37H/t31-/m1/s1. The lowest BCUT2D eigenvalue weighted by molar-refractivity contribution is -0.137. The molecule has 0 unspecified atom stereocenters. The minimum atomic E-state index is -4.43. The summed E-state index contributed by atoms with van der Waals surface area (Å²) in [5.41, 5.74) is 3.66. The minimum absolute atomic E-state index is 0.0907. The molecule has 0 aromatic heterocycles. The van der Waals surface area contributed by atoms with E-state index in [1.807, 2.05) is 66.7 Å². The molecule has 0 heterocycles. The highest BCUT2D eigenvalue weighted by Crippen LogP contribution is 2.56. The summed E-state index contributed by atoms with van der Waals surface area (Å²) in [4.78, 5) is 0. The van der Waals surface area contributed by atoms with Gasteiger partial charge in [-0.05, 0) is 40.5 Å². The smallest absolute Gasteiger partial charge is 0.416 e. The third-order valence-electron chi connectivity index (χ3n) is 6.60. The number of hydrogen-bond donors (Lipinski definition) is 1. The lowest BCUT2D eigenvalue weighted by Crippen LogP contribution is -2.27. The van der Waals surface area contributed by atoms with Crippen molar-refractivity contribution in [3.8, 4) is 5.75 Å². The molecule has 5 aromatic rings. The molecule has 0 radical (unpaired) electrons. The molecule has 0 aliphatic heterocycles. The molecule has 0 spiro atoms. The second-order valence-electron chi connectivity index (χ2n) is 8.96. The zero-order valence-electron chi connectivity index (χ0n) is 20.3. The van der Waals surface area contributed by atoms with Gasteiger partial charge in [0.1, 0.15) is 5.75 Å². The Morgan fingerprint density at radius 3 is 1.34 bits per heavy atom. The summed E-state index contributed by atoms with van der Waals surface area (Å²) >= 11 is 1.59. The number of thioether (sulfide) groups is 1. The Bertz CT molecular complexity index is 1370. The van der Waals surface area contributed by atoms with Crippen LogP contribution < -0.4 is 0 Å². The molecule has 5 rings (SSSR count). The first-order valence-corrected chi connectivity index (χ1v) is 13.1. The van der Waals surface area contributed by atoms with E-state index in [0.29, 0.717) is 11.1 Å². The minimum Gasteiger partial charge on any atom is -0.508 e. The molecule has 0 fully saturated rings. The third kappa shape index (κ3) is 5.07. The van der Waals surface area contributed by atoms with Crippen molar-refractivity contribution in [2.45, 2.75) is 16.2 Å². The van der Waals surface area contributed by atoms with Crippen LogP contribution in [0.1, 0.15) is 38.6 Å². The summed E-state index contributed by atoms with van der Waals surface area (Å²) in [6.07, 6.45) is -4.43. The van der Waals surface area contributed by atoms with E-state index in [0.717, 1.165) is 28.8 Å². The Hall–Kier alpha value is -3.96. The first-order valence-electron chi connectivity index (χ1n) is 12.2. The lowest BCUT2D eigenvalue weighted by Gasteiger charge is -2.38. The predicted molar refractivity (Wildman–Crippen MR) is 148 cm³/mol. The molecule has 0 amide bonds. The number of hydrogen-bond acceptors (Lipinski definition) is 2. The third-order valence-corrected chi connectivity index (χ3v) is 8.42. The van der Waals surface area contributed by atoms with Crippen molar-refractivity contribution in [2.75, 3.05) is 0 Å². The maximum absolute atomic E-state index is 13.4. The van der Waals surface area contributed by atoms with E-state index < -0.39 is 21.7 Å². The van der Waals surface area contributed by atoms with Crippen LogP contribution in [0.5, 0.6) is 5.75 Å². The van der Waals surface area contributed by atoms with Gasteiger partial charge in [0, 0.05) is 5.56 Å². The summed E-state index contributed by atoms with van der Waals surface area (Å²) in [7, 11) is 0. The van der Waals surface area contributed by atoms with Crippen LogP contribution in [0.3, 0.4) is 0 Å². The summed E-state index contributed by atoms with van der Waals surface area (Å²) in [6.45, 7) is 0. The monoisotopic (exact) mass is 526 g/mol. The Kier molecular flexibility index (Phi) is 7.30. The maximum Gasteiger partial charge on any atom is 0.416 e. The van der Waals surface area contributed by atoms with Crippen LogP contribution in [0.2, 0.25) is 0 Å². The zero-order valence-corrected chi connectivity index (χ0v) is 21.2. The maximum atomic E-state index is 13.4. The van der Waals surface area contributed by atoms with Gasteiger partial charge in [0.15, 0.2) is 0 Å². The molecule has 38 heavy (non-hydrogen) atoms. The fourth-order valence-corrected chi connectivity index (χ4v) is 6.56. The van der Waals surface area contributed by atoms with Crippen LogP contribution in [0.15, 0.2) is 140 Å². The van der Waals surface area contributed by atoms with Gasteiger partial charge in [-0.2, -0.15) is 13.2 Å². The number of para-hydroxylation sites is 1. The Morgan fingerprint density at radius 2 is 0.921 bits per heavy atom. The molecule has 0 saturated carbocycles. The quantitative estimate of drug-likeness (QED) is 0.213. The van der Waals surface area contributed by atoms with Crippen LogP contribution in [0, 0.1) is 0 Å². The summed E-state index contributed by atoms with van der Waals surface area (Å²) in [6, 6.07) is 42.5.